The van der Waals surface area contributed by atoms with E-state index < -0.39 is 17.7 Å². The van der Waals surface area contributed by atoms with E-state index in [0.29, 0.717) is 6.54 Å². The molecule has 1 aromatic heterocycles. The summed E-state index contributed by atoms with van der Waals surface area (Å²) in [6, 6.07) is 3.03. The number of amides is 1. The van der Waals surface area contributed by atoms with Crippen molar-refractivity contribution in [3.05, 3.63) is 57.7 Å². The highest BCUT2D eigenvalue weighted by atomic mass is 32.1. The largest absolute Gasteiger partial charge is 0.444 e. The summed E-state index contributed by atoms with van der Waals surface area (Å²) in [7, 11) is 0. The van der Waals surface area contributed by atoms with E-state index in [-0.39, 0.29) is 12.2 Å². The fourth-order valence-corrected chi connectivity index (χ4v) is 2.65. The van der Waals surface area contributed by atoms with Gasteiger partial charge in [-0.1, -0.05) is 0 Å². The highest BCUT2D eigenvalue weighted by Crippen LogP contribution is 2.23. The third-order valence-corrected chi connectivity index (χ3v) is 3.83. The number of aromatic nitrogens is 1. The van der Waals surface area contributed by atoms with Crippen LogP contribution in [0.2, 0.25) is 0 Å². The maximum atomic E-state index is 13.4. The molecule has 0 aliphatic carbocycles. The molecule has 21 heavy (non-hydrogen) atoms. The van der Waals surface area contributed by atoms with Crippen LogP contribution < -0.4 is 0 Å². The Kier molecular flexibility index (Phi) is 3.66. The van der Waals surface area contributed by atoms with Gasteiger partial charge in [-0.3, -0.25) is 4.90 Å². The average Bonchev–Trinajstić information content (AvgIpc) is 2.95. The standard InChI is InChI=1S/C14H10F2N2O2S/c15-10-1-2-11(16)9(5-10)7-20-14(19)18-4-3-12-13(6-18)21-8-17-12/h1-5,8H,6-7H2. The molecule has 0 N–H and O–H groups in total. The van der Waals surface area contributed by atoms with Crippen LogP contribution in [0.5, 0.6) is 0 Å². The number of hydrogen-bond acceptors (Lipinski definition) is 4. The molecule has 0 spiro atoms. The first kappa shape index (κ1) is 13.7. The fraction of sp³-hybridized carbons (Fsp3) is 0.143. The smallest absolute Gasteiger partial charge is 0.414 e. The van der Waals surface area contributed by atoms with Gasteiger partial charge in [-0.25, -0.2) is 18.6 Å². The van der Waals surface area contributed by atoms with Crippen molar-refractivity contribution in [3.8, 4) is 0 Å². The van der Waals surface area contributed by atoms with E-state index in [1.165, 1.54) is 16.2 Å². The van der Waals surface area contributed by atoms with E-state index in [2.05, 4.69) is 4.98 Å². The second-order valence-electron chi connectivity index (χ2n) is 4.39. The molecule has 2 heterocycles. The van der Waals surface area contributed by atoms with Gasteiger partial charge in [0.15, 0.2) is 0 Å². The van der Waals surface area contributed by atoms with Crippen molar-refractivity contribution in [2.45, 2.75) is 13.2 Å². The normalized spacial score (nSPS) is 13.1. The summed E-state index contributed by atoms with van der Waals surface area (Å²) in [5, 5.41) is 0. The number of nitrogens with zero attached hydrogens (tertiary/aromatic N) is 2. The van der Waals surface area contributed by atoms with Crippen molar-refractivity contribution in [1.29, 1.82) is 0 Å². The number of halogens is 2. The number of carbonyl (C=O) groups excluding carboxylic acids is 1. The summed E-state index contributed by atoms with van der Waals surface area (Å²) in [5.74, 6) is -1.18. The molecule has 0 atom stereocenters. The number of hydrogen-bond donors (Lipinski definition) is 0. The van der Waals surface area contributed by atoms with E-state index in [4.69, 9.17) is 4.74 Å². The van der Waals surface area contributed by atoms with Crippen LogP contribution in [-0.2, 0) is 17.9 Å². The van der Waals surface area contributed by atoms with Crippen molar-refractivity contribution < 1.29 is 18.3 Å². The van der Waals surface area contributed by atoms with Crippen LogP contribution in [0, 0.1) is 11.6 Å². The van der Waals surface area contributed by atoms with Crippen LogP contribution in [0.15, 0.2) is 29.9 Å². The van der Waals surface area contributed by atoms with Crippen LogP contribution in [0.3, 0.4) is 0 Å². The zero-order valence-corrected chi connectivity index (χ0v) is 11.6. The van der Waals surface area contributed by atoms with Crippen LogP contribution in [0.25, 0.3) is 6.08 Å². The van der Waals surface area contributed by atoms with Gasteiger partial charge in [0.1, 0.15) is 18.2 Å². The Hall–Kier alpha value is -2.28. The number of carbonyl (C=O) groups is 1. The number of benzene rings is 1. The minimum atomic E-state index is -0.617. The summed E-state index contributed by atoms with van der Waals surface area (Å²) in [6.07, 6.45) is 2.65. The van der Waals surface area contributed by atoms with Gasteiger partial charge in [-0.05, 0) is 24.3 Å². The third-order valence-electron chi connectivity index (χ3n) is 2.99. The van der Waals surface area contributed by atoms with Crippen molar-refractivity contribution in [2.75, 3.05) is 0 Å². The topological polar surface area (TPSA) is 42.4 Å². The lowest BCUT2D eigenvalue weighted by atomic mass is 10.2. The van der Waals surface area contributed by atoms with Crippen molar-refractivity contribution in [2.24, 2.45) is 0 Å². The van der Waals surface area contributed by atoms with E-state index in [1.54, 1.807) is 17.8 Å². The zero-order chi connectivity index (χ0) is 14.8. The molecule has 108 valence electrons. The third kappa shape index (κ3) is 2.92. The first-order valence-electron chi connectivity index (χ1n) is 6.11. The monoisotopic (exact) mass is 308 g/mol. The summed E-state index contributed by atoms with van der Waals surface area (Å²) < 4.78 is 31.5. The molecule has 0 fully saturated rings. The molecular weight excluding hydrogens is 298 g/mol. The lowest BCUT2D eigenvalue weighted by molar-refractivity contribution is 0.108. The summed E-state index contributed by atoms with van der Waals surface area (Å²) in [4.78, 5) is 18.4. The number of fused-ring (bicyclic) bond motifs is 1. The zero-order valence-electron chi connectivity index (χ0n) is 10.8. The highest BCUT2D eigenvalue weighted by molar-refractivity contribution is 7.09. The van der Waals surface area contributed by atoms with Crippen molar-refractivity contribution >= 4 is 23.5 Å². The average molecular weight is 308 g/mol. The van der Waals surface area contributed by atoms with Crippen molar-refractivity contribution in [1.82, 2.24) is 9.88 Å². The SMILES string of the molecule is O=C(OCc1cc(F)ccc1F)N1C=Cc2ncsc2C1. The molecule has 1 aliphatic heterocycles. The van der Waals surface area contributed by atoms with Gasteiger partial charge in [0.25, 0.3) is 0 Å². The van der Waals surface area contributed by atoms with E-state index in [0.717, 1.165) is 28.8 Å². The Morgan fingerprint density at radius 2 is 2.29 bits per heavy atom. The Bertz CT molecular complexity index is 715. The Labute approximate surface area is 123 Å². The molecular formula is C14H10F2N2O2S. The summed E-state index contributed by atoms with van der Waals surface area (Å²) in [5.41, 5.74) is 2.54. The molecule has 2 aromatic rings. The maximum Gasteiger partial charge on any atom is 0.414 e. The molecule has 3 rings (SSSR count). The first-order chi connectivity index (χ1) is 10.1. The Morgan fingerprint density at radius 1 is 1.43 bits per heavy atom. The fourth-order valence-electron chi connectivity index (χ4n) is 1.90. The molecule has 0 bridgehead atoms. The molecule has 0 saturated heterocycles. The van der Waals surface area contributed by atoms with Crippen LogP contribution >= 0.6 is 11.3 Å². The molecule has 7 heteroatoms. The second kappa shape index (κ2) is 5.61. The van der Waals surface area contributed by atoms with Gasteiger partial charge in [0.2, 0.25) is 0 Å². The first-order valence-corrected chi connectivity index (χ1v) is 6.99. The minimum absolute atomic E-state index is 0.00261. The van der Waals surface area contributed by atoms with Crippen molar-refractivity contribution in [3.63, 3.8) is 0 Å². The van der Waals surface area contributed by atoms with Crippen LogP contribution in [0.4, 0.5) is 13.6 Å². The molecule has 0 radical (unpaired) electrons. The van der Waals surface area contributed by atoms with Crippen LogP contribution in [-0.4, -0.2) is 16.0 Å². The number of rotatable bonds is 2. The molecule has 1 aliphatic rings. The quantitative estimate of drug-likeness (QED) is 0.852. The van der Waals surface area contributed by atoms with Gasteiger partial charge in [0, 0.05) is 11.8 Å². The van der Waals surface area contributed by atoms with Gasteiger partial charge in [-0.2, -0.15) is 0 Å². The lowest BCUT2D eigenvalue weighted by Crippen LogP contribution is -2.27. The predicted molar refractivity (Wildman–Crippen MR) is 73.2 cm³/mol. The van der Waals surface area contributed by atoms with Gasteiger partial charge in [-0.15, -0.1) is 11.3 Å². The van der Waals surface area contributed by atoms with Gasteiger partial charge in [0.05, 0.1) is 22.6 Å². The highest BCUT2D eigenvalue weighted by Gasteiger charge is 2.20. The minimum Gasteiger partial charge on any atom is -0.444 e. The van der Waals surface area contributed by atoms with E-state index in [9.17, 15) is 13.6 Å². The molecule has 0 unspecified atom stereocenters. The van der Waals surface area contributed by atoms with Gasteiger partial charge >= 0.3 is 6.09 Å². The maximum absolute atomic E-state index is 13.4. The number of ether oxygens (including phenoxy) is 1. The summed E-state index contributed by atoms with van der Waals surface area (Å²) in [6.45, 7) is 0.0449. The summed E-state index contributed by atoms with van der Waals surface area (Å²) >= 11 is 1.44. The Morgan fingerprint density at radius 3 is 3.14 bits per heavy atom. The Balaban J connectivity index is 1.64. The molecule has 0 saturated carbocycles. The molecule has 1 aromatic carbocycles. The predicted octanol–water partition coefficient (Wildman–Crippen LogP) is 3.54. The van der Waals surface area contributed by atoms with E-state index >= 15 is 0 Å². The number of thiazole rings is 1. The van der Waals surface area contributed by atoms with E-state index in [1.807, 2.05) is 0 Å². The molecule has 1 amide bonds. The second-order valence-corrected chi connectivity index (χ2v) is 5.33. The van der Waals surface area contributed by atoms with Gasteiger partial charge < -0.3 is 4.74 Å². The van der Waals surface area contributed by atoms with Crippen LogP contribution in [0.1, 0.15) is 16.1 Å². The molecule has 4 nitrogen and oxygen atoms in total. The lowest BCUT2D eigenvalue weighted by Gasteiger charge is -2.20.